The molecule has 0 unspecified atom stereocenters. The predicted octanol–water partition coefficient (Wildman–Crippen LogP) is 4.45. The smallest absolute Gasteiger partial charge is 0.0833 e. The summed E-state index contributed by atoms with van der Waals surface area (Å²) < 4.78 is 0. The summed E-state index contributed by atoms with van der Waals surface area (Å²) in [5.74, 6) is 0. The number of nitrogens with one attached hydrogen (secondary N) is 1. The number of anilines is 1. The molecule has 2 aromatic rings. The second-order valence-electron chi connectivity index (χ2n) is 7.21. The zero-order valence-corrected chi connectivity index (χ0v) is 13.8. The number of unbranched alkanes of at least 4 members (excludes halogenated alkanes) is 1. The lowest BCUT2D eigenvalue weighted by atomic mass is 9.74. The minimum absolute atomic E-state index is 0.0998. The minimum atomic E-state index is -0.431. The monoisotopic (exact) mass is 298 g/mol. The summed E-state index contributed by atoms with van der Waals surface area (Å²) in [7, 11) is 0. The fraction of sp³-hybridized carbons (Fsp3) is 0.526. The van der Waals surface area contributed by atoms with Gasteiger partial charge >= 0.3 is 0 Å². The molecule has 1 aliphatic carbocycles. The second kappa shape index (κ2) is 5.88. The summed E-state index contributed by atoms with van der Waals surface area (Å²) >= 11 is 0. The summed E-state index contributed by atoms with van der Waals surface area (Å²) in [5.41, 5.74) is 4.29. The lowest BCUT2D eigenvalue weighted by Crippen LogP contribution is -2.27. The topological polar surface area (TPSA) is 45.2 Å². The van der Waals surface area contributed by atoms with Crippen LogP contribution in [0.1, 0.15) is 57.4 Å². The quantitative estimate of drug-likeness (QED) is 0.820. The van der Waals surface area contributed by atoms with Gasteiger partial charge in [-0.2, -0.15) is 0 Å². The third-order valence-electron chi connectivity index (χ3n) is 4.57. The van der Waals surface area contributed by atoms with Gasteiger partial charge in [0, 0.05) is 23.2 Å². The molecule has 0 spiro atoms. The Kier molecular flexibility index (Phi) is 4.09. The van der Waals surface area contributed by atoms with Gasteiger partial charge in [0.15, 0.2) is 0 Å². The van der Waals surface area contributed by atoms with Gasteiger partial charge in [-0.05, 0) is 30.7 Å². The van der Waals surface area contributed by atoms with Crippen LogP contribution >= 0.6 is 0 Å². The standard InChI is InChI=1S/C19H26N2O/c1-4-5-10-20-18-13-8-6-7-9-14(13)21-15-11-19(2,3)12-16(22)17(15)18/h6-9,16,22H,4-5,10-12H2,1-3H3,(H,20,21)/t16-/m0/s1. The maximum Gasteiger partial charge on any atom is 0.0833 e. The lowest BCUT2D eigenvalue weighted by Gasteiger charge is -2.35. The SMILES string of the molecule is CCCCNc1c2c(nc3ccccc13)CC(C)(C)C[C@@H]2O. The molecule has 0 fully saturated rings. The van der Waals surface area contributed by atoms with Crippen molar-refractivity contribution in [3.63, 3.8) is 0 Å². The number of fused-ring (bicyclic) bond motifs is 2. The van der Waals surface area contributed by atoms with E-state index in [4.69, 9.17) is 4.98 Å². The molecule has 3 heteroatoms. The Labute approximate surface area is 132 Å². The second-order valence-corrected chi connectivity index (χ2v) is 7.21. The third kappa shape index (κ3) is 2.82. The Morgan fingerprint density at radius 3 is 2.86 bits per heavy atom. The summed E-state index contributed by atoms with van der Waals surface area (Å²) in [4.78, 5) is 4.85. The highest BCUT2D eigenvalue weighted by molar-refractivity contribution is 5.93. The van der Waals surface area contributed by atoms with E-state index in [-0.39, 0.29) is 5.41 Å². The summed E-state index contributed by atoms with van der Waals surface area (Å²) in [6, 6.07) is 8.24. The van der Waals surface area contributed by atoms with E-state index < -0.39 is 6.10 Å². The van der Waals surface area contributed by atoms with Gasteiger partial charge in [0.25, 0.3) is 0 Å². The average molecular weight is 298 g/mol. The van der Waals surface area contributed by atoms with E-state index >= 15 is 0 Å². The van der Waals surface area contributed by atoms with Crippen LogP contribution in [0.15, 0.2) is 24.3 Å². The Hall–Kier alpha value is -1.61. The van der Waals surface area contributed by atoms with Crippen molar-refractivity contribution < 1.29 is 5.11 Å². The first-order valence-corrected chi connectivity index (χ1v) is 8.35. The van der Waals surface area contributed by atoms with Crippen molar-refractivity contribution in [3.8, 4) is 0 Å². The molecule has 2 N–H and O–H groups in total. The third-order valence-corrected chi connectivity index (χ3v) is 4.57. The van der Waals surface area contributed by atoms with Crippen LogP contribution in [0.4, 0.5) is 5.69 Å². The molecule has 3 rings (SSSR count). The Morgan fingerprint density at radius 1 is 1.32 bits per heavy atom. The first-order valence-electron chi connectivity index (χ1n) is 8.35. The van der Waals surface area contributed by atoms with E-state index in [2.05, 4.69) is 38.2 Å². The van der Waals surface area contributed by atoms with Crippen LogP contribution in [-0.2, 0) is 6.42 Å². The fourth-order valence-corrected chi connectivity index (χ4v) is 3.50. The molecule has 0 amide bonds. The van der Waals surface area contributed by atoms with Gasteiger partial charge in [0.1, 0.15) is 0 Å². The Balaban J connectivity index is 2.14. The largest absolute Gasteiger partial charge is 0.388 e. The van der Waals surface area contributed by atoms with Crippen LogP contribution in [0.25, 0.3) is 10.9 Å². The number of hydrogen-bond acceptors (Lipinski definition) is 3. The first kappa shape index (κ1) is 15.3. The molecule has 0 saturated carbocycles. The number of rotatable bonds is 4. The maximum absolute atomic E-state index is 10.7. The van der Waals surface area contributed by atoms with E-state index in [1.807, 2.05) is 12.1 Å². The molecule has 1 aromatic carbocycles. The van der Waals surface area contributed by atoms with Crippen molar-refractivity contribution in [1.29, 1.82) is 0 Å². The van der Waals surface area contributed by atoms with Crippen LogP contribution in [0.2, 0.25) is 0 Å². The average Bonchev–Trinajstić information content (AvgIpc) is 2.45. The molecule has 0 bridgehead atoms. The molecule has 1 heterocycles. The maximum atomic E-state index is 10.7. The van der Waals surface area contributed by atoms with Gasteiger partial charge in [0.05, 0.1) is 17.3 Å². The fourth-order valence-electron chi connectivity index (χ4n) is 3.50. The first-order chi connectivity index (χ1) is 10.5. The van der Waals surface area contributed by atoms with Gasteiger partial charge in [0.2, 0.25) is 0 Å². The number of aromatic nitrogens is 1. The highest BCUT2D eigenvalue weighted by Crippen LogP contribution is 2.44. The Bertz CT molecular complexity index is 678. The number of para-hydroxylation sites is 1. The van der Waals surface area contributed by atoms with Crippen LogP contribution < -0.4 is 5.32 Å². The predicted molar refractivity (Wildman–Crippen MR) is 92.2 cm³/mol. The molecule has 3 nitrogen and oxygen atoms in total. The van der Waals surface area contributed by atoms with Crippen LogP contribution in [0.5, 0.6) is 0 Å². The van der Waals surface area contributed by atoms with E-state index in [1.165, 1.54) is 0 Å². The summed E-state index contributed by atoms with van der Waals surface area (Å²) in [6.07, 6.45) is 3.58. The minimum Gasteiger partial charge on any atom is -0.388 e. The van der Waals surface area contributed by atoms with E-state index in [0.29, 0.717) is 0 Å². The summed E-state index contributed by atoms with van der Waals surface area (Å²) in [5, 5.41) is 15.4. The normalized spacial score (nSPS) is 19.9. The van der Waals surface area contributed by atoms with Crippen molar-refractivity contribution >= 4 is 16.6 Å². The molecular formula is C19H26N2O. The van der Waals surface area contributed by atoms with Crippen molar-refractivity contribution in [2.24, 2.45) is 5.41 Å². The Morgan fingerprint density at radius 2 is 2.09 bits per heavy atom. The van der Waals surface area contributed by atoms with Gasteiger partial charge < -0.3 is 10.4 Å². The molecule has 0 saturated heterocycles. The van der Waals surface area contributed by atoms with Crippen molar-refractivity contribution in [2.75, 3.05) is 11.9 Å². The van der Waals surface area contributed by atoms with E-state index in [0.717, 1.165) is 60.1 Å². The van der Waals surface area contributed by atoms with Crippen molar-refractivity contribution in [2.45, 2.75) is 52.6 Å². The van der Waals surface area contributed by atoms with Gasteiger partial charge in [-0.25, -0.2) is 0 Å². The number of benzene rings is 1. The van der Waals surface area contributed by atoms with Crippen LogP contribution in [-0.4, -0.2) is 16.6 Å². The molecule has 1 atom stereocenters. The number of aliphatic hydroxyl groups is 1. The van der Waals surface area contributed by atoms with Crippen LogP contribution in [0, 0.1) is 5.41 Å². The van der Waals surface area contributed by atoms with Crippen molar-refractivity contribution in [1.82, 2.24) is 4.98 Å². The number of aliphatic hydroxyl groups excluding tert-OH is 1. The molecule has 1 aromatic heterocycles. The van der Waals surface area contributed by atoms with Crippen molar-refractivity contribution in [3.05, 3.63) is 35.5 Å². The number of hydrogen-bond donors (Lipinski definition) is 2. The highest BCUT2D eigenvalue weighted by Gasteiger charge is 2.34. The van der Waals surface area contributed by atoms with Gasteiger partial charge in [-0.1, -0.05) is 45.4 Å². The molecule has 0 aliphatic heterocycles. The molecule has 118 valence electrons. The number of pyridine rings is 1. The van der Waals surface area contributed by atoms with E-state index in [1.54, 1.807) is 0 Å². The highest BCUT2D eigenvalue weighted by atomic mass is 16.3. The zero-order valence-electron chi connectivity index (χ0n) is 13.8. The zero-order chi connectivity index (χ0) is 15.7. The van der Waals surface area contributed by atoms with Gasteiger partial charge in [-0.15, -0.1) is 0 Å². The molecular weight excluding hydrogens is 272 g/mol. The molecule has 1 aliphatic rings. The molecule has 0 radical (unpaired) electrons. The lowest BCUT2D eigenvalue weighted by molar-refractivity contribution is 0.0991. The van der Waals surface area contributed by atoms with E-state index in [9.17, 15) is 5.11 Å². The number of nitrogens with zero attached hydrogens (tertiary/aromatic N) is 1. The summed E-state index contributed by atoms with van der Waals surface area (Å²) in [6.45, 7) is 7.55. The molecule has 22 heavy (non-hydrogen) atoms. The van der Waals surface area contributed by atoms with Crippen LogP contribution in [0.3, 0.4) is 0 Å². The van der Waals surface area contributed by atoms with Gasteiger partial charge in [-0.3, -0.25) is 4.98 Å².